The van der Waals surface area contributed by atoms with Crippen LogP contribution in [-0.4, -0.2) is 0 Å². The van der Waals surface area contributed by atoms with E-state index in [0.29, 0.717) is 5.92 Å². The molecule has 0 bridgehead atoms. The van der Waals surface area contributed by atoms with Crippen molar-refractivity contribution in [2.24, 2.45) is 0 Å². The molecule has 8 aromatic carbocycles. The summed E-state index contributed by atoms with van der Waals surface area (Å²) in [6, 6.07) is 56.9. The Labute approximate surface area is 307 Å². The number of nitrogens with zero attached hydrogens (tertiary/aromatic N) is 1. The monoisotopic (exact) mass is 683 g/mol. The number of rotatable bonds is 5. The van der Waals surface area contributed by atoms with Crippen LogP contribution in [0.1, 0.15) is 43.6 Å². The first kappa shape index (κ1) is 30.3. The van der Waals surface area contributed by atoms with E-state index in [4.69, 9.17) is 8.83 Å². The van der Waals surface area contributed by atoms with Gasteiger partial charge in [0, 0.05) is 55.1 Å². The molecular weight excluding hydrogens is 647 g/mol. The van der Waals surface area contributed by atoms with Crippen LogP contribution >= 0.6 is 0 Å². The van der Waals surface area contributed by atoms with Crippen LogP contribution in [-0.2, 0) is 0 Å². The molecule has 0 aliphatic heterocycles. The molecule has 0 unspecified atom stereocenters. The zero-order valence-electron chi connectivity index (χ0n) is 29.4. The van der Waals surface area contributed by atoms with Gasteiger partial charge < -0.3 is 13.7 Å². The van der Waals surface area contributed by atoms with E-state index in [1.54, 1.807) is 0 Å². The van der Waals surface area contributed by atoms with Crippen LogP contribution in [0.25, 0.3) is 76.5 Å². The highest BCUT2D eigenvalue weighted by Crippen LogP contribution is 2.48. The van der Waals surface area contributed by atoms with E-state index in [2.05, 4.69) is 163 Å². The van der Waals surface area contributed by atoms with Crippen LogP contribution < -0.4 is 4.90 Å². The molecule has 0 saturated heterocycles. The maximum Gasteiger partial charge on any atom is 0.143 e. The van der Waals surface area contributed by atoms with Crippen LogP contribution in [0.15, 0.2) is 167 Å². The van der Waals surface area contributed by atoms with Crippen molar-refractivity contribution in [3.05, 3.63) is 163 Å². The highest BCUT2D eigenvalue weighted by molar-refractivity contribution is 6.21. The maximum atomic E-state index is 6.80. The highest BCUT2D eigenvalue weighted by Gasteiger charge is 2.25. The minimum atomic E-state index is 0.552. The Morgan fingerprint density at radius 2 is 1.09 bits per heavy atom. The average molecular weight is 684 g/mol. The molecule has 0 N–H and O–H groups in total. The van der Waals surface area contributed by atoms with Crippen molar-refractivity contribution < 1.29 is 8.83 Å². The SMILES string of the molecule is c1ccc(-c2ccc(N(c3ccc4c(c3)oc3c5ccccc5ccc43)c3cc4c(oc5cccc(C6CCCCC6)c54)c4ccccc34)cc2)cc1. The molecule has 3 heteroatoms. The van der Waals surface area contributed by atoms with Crippen LogP contribution in [0.5, 0.6) is 0 Å². The molecule has 1 fully saturated rings. The number of anilines is 3. The van der Waals surface area contributed by atoms with Gasteiger partial charge in [-0.2, -0.15) is 0 Å². The normalized spacial score (nSPS) is 14.0. The van der Waals surface area contributed by atoms with Crippen molar-refractivity contribution in [3.63, 3.8) is 0 Å². The van der Waals surface area contributed by atoms with Crippen molar-refractivity contribution in [1.29, 1.82) is 0 Å². The van der Waals surface area contributed by atoms with Crippen molar-refractivity contribution in [1.82, 2.24) is 0 Å². The lowest BCUT2D eigenvalue weighted by atomic mass is 9.82. The summed E-state index contributed by atoms with van der Waals surface area (Å²) in [6.45, 7) is 0. The van der Waals surface area contributed by atoms with Gasteiger partial charge in [-0.3, -0.25) is 0 Å². The molecule has 0 spiro atoms. The lowest BCUT2D eigenvalue weighted by Crippen LogP contribution is -2.10. The van der Waals surface area contributed by atoms with E-state index >= 15 is 0 Å². The average Bonchev–Trinajstić information content (AvgIpc) is 3.81. The molecule has 0 atom stereocenters. The largest absolute Gasteiger partial charge is 0.455 e. The lowest BCUT2D eigenvalue weighted by molar-refractivity contribution is 0.445. The molecule has 1 aliphatic carbocycles. The summed E-state index contributed by atoms with van der Waals surface area (Å²) in [5.74, 6) is 0.552. The zero-order valence-corrected chi connectivity index (χ0v) is 29.4. The second kappa shape index (κ2) is 12.1. The van der Waals surface area contributed by atoms with Crippen LogP contribution in [0.3, 0.4) is 0 Å². The Balaban J connectivity index is 1.17. The molecule has 11 rings (SSSR count). The molecule has 53 heavy (non-hydrogen) atoms. The molecule has 2 heterocycles. The van der Waals surface area contributed by atoms with E-state index < -0.39 is 0 Å². The fraction of sp³-hybridized carbons (Fsp3) is 0.120. The van der Waals surface area contributed by atoms with Crippen LogP contribution in [0, 0.1) is 0 Å². The van der Waals surface area contributed by atoms with E-state index in [9.17, 15) is 0 Å². The van der Waals surface area contributed by atoms with Crippen molar-refractivity contribution in [3.8, 4) is 11.1 Å². The van der Waals surface area contributed by atoms with Gasteiger partial charge in [0.15, 0.2) is 0 Å². The summed E-state index contributed by atoms with van der Waals surface area (Å²) in [7, 11) is 0. The van der Waals surface area contributed by atoms with Crippen molar-refractivity contribution in [2.45, 2.75) is 38.0 Å². The van der Waals surface area contributed by atoms with Crippen molar-refractivity contribution >= 4 is 82.5 Å². The number of hydrogen-bond acceptors (Lipinski definition) is 3. The Morgan fingerprint density at radius 1 is 0.434 bits per heavy atom. The summed E-state index contributed by atoms with van der Waals surface area (Å²) in [5, 5.41) is 9.27. The Kier molecular flexibility index (Phi) is 6.94. The summed E-state index contributed by atoms with van der Waals surface area (Å²) < 4.78 is 13.6. The van der Waals surface area contributed by atoms with Gasteiger partial charge >= 0.3 is 0 Å². The minimum absolute atomic E-state index is 0.552. The van der Waals surface area contributed by atoms with E-state index in [1.807, 2.05) is 0 Å². The van der Waals surface area contributed by atoms with Gasteiger partial charge in [-0.1, -0.05) is 128 Å². The molecular formula is C50H37NO2. The Morgan fingerprint density at radius 3 is 1.94 bits per heavy atom. The molecule has 254 valence electrons. The molecule has 1 aliphatic rings. The summed E-state index contributed by atoms with van der Waals surface area (Å²) >= 11 is 0. The fourth-order valence-electron chi connectivity index (χ4n) is 9.09. The maximum absolute atomic E-state index is 6.80. The predicted octanol–water partition coefficient (Wildman–Crippen LogP) is 15.0. The van der Waals surface area contributed by atoms with Gasteiger partial charge in [0.2, 0.25) is 0 Å². The first-order chi connectivity index (χ1) is 26.3. The second-order valence-corrected chi connectivity index (χ2v) is 14.7. The molecule has 10 aromatic rings. The number of benzene rings is 8. The first-order valence-corrected chi connectivity index (χ1v) is 18.9. The smallest absolute Gasteiger partial charge is 0.143 e. The fourth-order valence-corrected chi connectivity index (χ4v) is 9.09. The molecule has 2 aromatic heterocycles. The number of hydrogen-bond donors (Lipinski definition) is 0. The van der Waals surface area contributed by atoms with Gasteiger partial charge in [0.1, 0.15) is 22.3 Å². The third kappa shape index (κ3) is 4.88. The molecule has 1 saturated carbocycles. The molecule has 3 nitrogen and oxygen atoms in total. The predicted molar refractivity (Wildman–Crippen MR) is 222 cm³/mol. The van der Waals surface area contributed by atoms with Gasteiger partial charge in [-0.05, 0) is 83.3 Å². The van der Waals surface area contributed by atoms with E-state index in [1.165, 1.54) is 65.0 Å². The van der Waals surface area contributed by atoms with Crippen LogP contribution in [0.4, 0.5) is 17.1 Å². The topological polar surface area (TPSA) is 29.5 Å². The van der Waals surface area contributed by atoms with Gasteiger partial charge in [-0.25, -0.2) is 0 Å². The standard InChI is InChI=1S/C50H37NO2/c1-3-12-32(13-4-1)33-22-25-36(26-23-33)51(37-27-29-41-43-28-24-35-16-7-8-17-39(35)49(43)53-47(41)30-37)45-31-44-48-38(34-14-5-2-6-15-34)20-11-21-46(48)52-50(44)42-19-10-9-18-40(42)45/h1,3-4,7-13,16-31,34H,2,5-6,14-15H2. The van der Waals surface area contributed by atoms with Gasteiger partial charge in [-0.15, -0.1) is 0 Å². The number of furan rings is 2. The highest BCUT2D eigenvalue weighted by atomic mass is 16.3. The lowest BCUT2D eigenvalue weighted by Gasteiger charge is -2.27. The number of fused-ring (bicyclic) bond motifs is 10. The second-order valence-electron chi connectivity index (χ2n) is 14.7. The first-order valence-electron chi connectivity index (χ1n) is 18.9. The Bertz CT molecular complexity index is 2980. The molecule has 0 radical (unpaired) electrons. The van der Waals surface area contributed by atoms with Gasteiger partial charge in [0.05, 0.1) is 5.69 Å². The van der Waals surface area contributed by atoms with Gasteiger partial charge in [0.25, 0.3) is 0 Å². The van der Waals surface area contributed by atoms with Crippen LogP contribution in [0.2, 0.25) is 0 Å². The molecule has 0 amide bonds. The third-order valence-corrected chi connectivity index (χ3v) is 11.6. The minimum Gasteiger partial charge on any atom is -0.455 e. The van der Waals surface area contributed by atoms with Crippen molar-refractivity contribution in [2.75, 3.05) is 4.90 Å². The van der Waals surface area contributed by atoms with E-state index in [-0.39, 0.29) is 0 Å². The summed E-state index contributed by atoms with van der Waals surface area (Å²) in [4.78, 5) is 2.41. The zero-order chi connectivity index (χ0) is 34.9. The quantitative estimate of drug-likeness (QED) is 0.181. The summed E-state index contributed by atoms with van der Waals surface area (Å²) in [6.07, 6.45) is 6.38. The van der Waals surface area contributed by atoms with E-state index in [0.717, 1.165) is 66.3 Å². The summed E-state index contributed by atoms with van der Waals surface area (Å²) in [5.41, 5.74) is 10.8. The Hall–Kier alpha value is -6.32. The third-order valence-electron chi connectivity index (χ3n) is 11.6.